The Morgan fingerprint density at radius 2 is 2.00 bits per heavy atom. The molecule has 0 aliphatic carbocycles. The first-order valence-electron chi connectivity index (χ1n) is 8.82. The van der Waals surface area contributed by atoms with Crippen LogP contribution < -0.4 is 5.32 Å². The second kappa shape index (κ2) is 9.76. The van der Waals surface area contributed by atoms with E-state index in [2.05, 4.69) is 26.2 Å². The summed E-state index contributed by atoms with van der Waals surface area (Å²) in [6.45, 7) is 0. The highest BCUT2D eigenvalue weighted by Crippen LogP contribution is 2.22. The van der Waals surface area contributed by atoms with Gasteiger partial charge in [0.2, 0.25) is 0 Å². The number of carbonyl (C=O) groups excluding carboxylic acids is 2. The number of hydrogen-bond acceptors (Lipinski definition) is 5. The Balaban J connectivity index is 1.85. The lowest BCUT2D eigenvalue weighted by Gasteiger charge is -2.19. The summed E-state index contributed by atoms with van der Waals surface area (Å²) < 4.78 is 7.63. The fourth-order valence-electron chi connectivity index (χ4n) is 2.87. The van der Waals surface area contributed by atoms with Crippen LogP contribution in [0.5, 0.6) is 0 Å². The summed E-state index contributed by atoms with van der Waals surface area (Å²) in [5, 5.41) is 3.78. The van der Waals surface area contributed by atoms with Gasteiger partial charge in [-0.25, -0.2) is 4.98 Å². The molecule has 8 heteroatoms. The highest BCUT2D eigenvalue weighted by Gasteiger charge is 2.20. The van der Waals surface area contributed by atoms with Crippen molar-refractivity contribution in [1.29, 1.82) is 0 Å². The van der Waals surface area contributed by atoms with Crippen LogP contribution in [0.2, 0.25) is 0 Å². The summed E-state index contributed by atoms with van der Waals surface area (Å²) in [5.41, 5.74) is 2.16. The predicted molar refractivity (Wildman–Crippen MR) is 116 cm³/mol. The van der Waals surface area contributed by atoms with E-state index < -0.39 is 12.0 Å². The molecule has 0 radical (unpaired) electrons. The molecule has 3 aromatic rings. The SMILES string of the molecule is COC(=O)CC(NC(=O)c1cccc(-n2ccnc2SC)c1)c1ccc(Br)cc1. The normalized spacial score (nSPS) is 11.7. The molecule has 0 spiro atoms. The number of amides is 1. The van der Waals surface area contributed by atoms with Gasteiger partial charge in [-0.05, 0) is 42.2 Å². The number of nitrogens with one attached hydrogen (secondary N) is 1. The van der Waals surface area contributed by atoms with Crippen molar-refractivity contribution in [3.8, 4) is 5.69 Å². The van der Waals surface area contributed by atoms with Crippen LogP contribution in [0.4, 0.5) is 0 Å². The van der Waals surface area contributed by atoms with Gasteiger partial charge in [0.1, 0.15) is 0 Å². The molecule has 1 unspecified atom stereocenters. The molecule has 0 bridgehead atoms. The zero-order valence-corrected chi connectivity index (χ0v) is 18.4. The summed E-state index contributed by atoms with van der Waals surface area (Å²) in [5.74, 6) is -0.663. The van der Waals surface area contributed by atoms with E-state index in [1.54, 1.807) is 18.3 Å². The van der Waals surface area contributed by atoms with Gasteiger partial charge in [-0.15, -0.1) is 0 Å². The maximum absolute atomic E-state index is 12.9. The number of nitrogens with zero attached hydrogens (tertiary/aromatic N) is 2. The second-order valence-corrected chi connectivity index (χ2v) is 7.88. The molecule has 1 heterocycles. The van der Waals surface area contributed by atoms with Crippen LogP contribution in [0.3, 0.4) is 0 Å². The number of benzene rings is 2. The third-order valence-electron chi connectivity index (χ3n) is 4.35. The van der Waals surface area contributed by atoms with Crippen molar-refractivity contribution in [2.75, 3.05) is 13.4 Å². The molecule has 1 atom stereocenters. The number of ether oxygens (including phenoxy) is 1. The van der Waals surface area contributed by atoms with E-state index in [4.69, 9.17) is 4.74 Å². The summed E-state index contributed by atoms with van der Waals surface area (Å²) in [4.78, 5) is 29.1. The van der Waals surface area contributed by atoms with Gasteiger partial charge < -0.3 is 10.1 Å². The number of halogens is 1. The van der Waals surface area contributed by atoms with E-state index in [1.807, 2.05) is 53.4 Å². The van der Waals surface area contributed by atoms with Gasteiger partial charge in [-0.1, -0.05) is 45.9 Å². The van der Waals surface area contributed by atoms with Gasteiger partial charge in [-0.3, -0.25) is 14.2 Å². The number of aromatic nitrogens is 2. The van der Waals surface area contributed by atoms with Gasteiger partial charge in [0.05, 0.1) is 19.6 Å². The monoisotopic (exact) mass is 473 g/mol. The number of imidazole rings is 1. The van der Waals surface area contributed by atoms with Gasteiger partial charge >= 0.3 is 5.97 Å². The fourth-order valence-corrected chi connectivity index (χ4v) is 3.67. The van der Waals surface area contributed by atoms with Crippen molar-refractivity contribution in [2.24, 2.45) is 0 Å². The van der Waals surface area contributed by atoms with Crippen molar-refractivity contribution < 1.29 is 14.3 Å². The largest absolute Gasteiger partial charge is 0.469 e. The summed E-state index contributed by atoms with van der Waals surface area (Å²) in [6.07, 6.45) is 5.57. The average Bonchev–Trinajstić information content (AvgIpc) is 3.22. The predicted octanol–water partition coefficient (Wildman–Crippen LogP) is 4.39. The molecular formula is C21H20BrN3O3S. The Kier molecular flexibility index (Phi) is 7.11. The third-order valence-corrected chi connectivity index (χ3v) is 5.55. The molecule has 0 saturated carbocycles. The standard InChI is InChI=1S/C21H20BrN3O3S/c1-28-19(26)13-18(14-6-8-16(22)9-7-14)24-20(27)15-4-3-5-17(12-15)25-11-10-23-21(25)29-2/h3-12,18H,13H2,1-2H3,(H,24,27). The van der Waals surface area contributed by atoms with Gasteiger partial charge in [0.25, 0.3) is 5.91 Å². The first kappa shape index (κ1) is 21.1. The number of methoxy groups -OCH3 is 1. The smallest absolute Gasteiger partial charge is 0.307 e. The van der Waals surface area contributed by atoms with E-state index in [0.717, 1.165) is 20.9 Å². The third kappa shape index (κ3) is 5.27. The van der Waals surface area contributed by atoms with Crippen molar-refractivity contribution >= 4 is 39.6 Å². The van der Waals surface area contributed by atoms with Crippen LogP contribution in [0.15, 0.2) is 70.6 Å². The molecule has 6 nitrogen and oxygen atoms in total. The number of hydrogen-bond donors (Lipinski definition) is 1. The Hall–Kier alpha value is -2.58. The Labute approximate surface area is 181 Å². The lowest BCUT2D eigenvalue weighted by molar-refractivity contribution is -0.141. The minimum Gasteiger partial charge on any atom is -0.469 e. The summed E-state index contributed by atoms with van der Waals surface area (Å²) in [6, 6.07) is 14.3. The molecule has 2 aromatic carbocycles. The molecule has 0 aliphatic rings. The van der Waals surface area contributed by atoms with Crippen LogP contribution in [0.1, 0.15) is 28.4 Å². The van der Waals surface area contributed by atoms with Crippen LogP contribution in [-0.4, -0.2) is 34.8 Å². The van der Waals surface area contributed by atoms with Gasteiger partial charge in [-0.2, -0.15) is 0 Å². The fraction of sp³-hybridized carbons (Fsp3) is 0.190. The zero-order chi connectivity index (χ0) is 20.8. The number of thioether (sulfide) groups is 1. The highest BCUT2D eigenvalue weighted by molar-refractivity contribution is 9.10. The average molecular weight is 474 g/mol. The zero-order valence-electron chi connectivity index (χ0n) is 16.0. The summed E-state index contributed by atoms with van der Waals surface area (Å²) >= 11 is 4.92. The molecule has 1 aromatic heterocycles. The first-order chi connectivity index (χ1) is 14.0. The maximum atomic E-state index is 12.9. The number of rotatable bonds is 7. The van der Waals surface area contributed by atoms with Crippen molar-refractivity contribution in [3.05, 3.63) is 76.5 Å². The molecule has 0 fully saturated rings. The van der Waals surface area contributed by atoms with Gasteiger partial charge in [0.15, 0.2) is 5.16 Å². The van der Waals surface area contributed by atoms with Gasteiger partial charge in [0, 0.05) is 28.1 Å². The molecule has 29 heavy (non-hydrogen) atoms. The molecular weight excluding hydrogens is 454 g/mol. The number of esters is 1. The van der Waals surface area contributed by atoms with E-state index in [9.17, 15) is 9.59 Å². The quantitative estimate of drug-likeness (QED) is 0.406. The molecule has 1 amide bonds. The van der Waals surface area contributed by atoms with Crippen LogP contribution >= 0.6 is 27.7 Å². The molecule has 1 N–H and O–H groups in total. The van der Waals surface area contributed by atoms with E-state index in [0.29, 0.717) is 5.56 Å². The molecule has 150 valence electrons. The molecule has 0 saturated heterocycles. The number of carbonyl (C=O) groups is 2. The Bertz CT molecular complexity index is 1000. The molecule has 3 rings (SSSR count). The van der Waals surface area contributed by atoms with E-state index in [-0.39, 0.29) is 12.3 Å². The lowest BCUT2D eigenvalue weighted by atomic mass is 10.0. The Morgan fingerprint density at radius 3 is 2.69 bits per heavy atom. The lowest BCUT2D eigenvalue weighted by Crippen LogP contribution is -2.30. The van der Waals surface area contributed by atoms with E-state index >= 15 is 0 Å². The second-order valence-electron chi connectivity index (χ2n) is 6.19. The van der Waals surface area contributed by atoms with Crippen LogP contribution in [0.25, 0.3) is 5.69 Å². The van der Waals surface area contributed by atoms with Crippen molar-refractivity contribution in [2.45, 2.75) is 17.6 Å². The maximum Gasteiger partial charge on any atom is 0.307 e. The summed E-state index contributed by atoms with van der Waals surface area (Å²) in [7, 11) is 1.33. The minimum atomic E-state index is -0.498. The first-order valence-corrected chi connectivity index (χ1v) is 10.8. The molecule has 0 aliphatic heterocycles. The van der Waals surface area contributed by atoms with E-state index in [1.165, 1.54) is 18.9 Å². The topological polar surface area (TPSA) is 73.2 Å². The minimum absolute atomic E-state index is 0.0434. The van der Waals surface area contributed by atoms with Crippen LogP contribution in [-0.2, 0) is 9.53 Å². The Morgan fingerprint density at radius 1 is 1.24 bits per heavy atom. The van der Waals surface area contributed by atoms with Crippen molar-refractivity contribution in [3.63, 3.8) is 0 Å². The van der Waals surface area contributed by atoms with Crippen LogP contribution in [0, 0.1) is 0 Å². The highest BCUT2D eigenvalue weighted by atomic mass is 79.9. The van der Waals surface area contributed by atoms with Crippen molar-refractivity contribution in [1.82, 2.24) is 14.9 Å².